The number of carbonyl (C=O) groups excluding carboxylic acids is 2. The van der Waals surface area contributed by atoms with Crippen molar-refractivity contribution in [3.05, 3.63) is 28.7 Å². The third kappa shape index (κ3) is 6.12. The quantitative estimate of drug-likeness (QED) is 0.499. The first-order valence-corrected chi connectivity index (χ1v) is 16.2. The van der Waals surface area contributed by atoms with Gasteiger partial charge in [-0.15, -0.1) is 0 Å². The highest BCUT2D eigenvalue weighted by molar-refractivity contribution is 6.00. The number of imidazole rings is 1. The van der Waals surface area contributed by atoms with Crippen LogP contribution in [0.1, 0.15) is 83.7 Å². The number of anilines is 1. The molecule has 2 amide bonds. The van der Waals surface area contributed by atoms with Crippen molar-refractivity contribution in [2.75, 3.05) is 50.7 Å². The Bertz CT molecular complexity index is 1290. The van der Waals surface area contributed by atoms with Gasteiger partial charge in [-0.25, -0.2) is 4.79 Å². The lowest BCUT2D eigenvalue weighted by Gasteiger charge is -2.38. The van der Waals surface area contributed by atoms with Crippen LogP contribution in [0.15, 0.2) is 23.0 Å². The van der Waals surface area contributed by atoms with Gasteiger partial charge in [0.1, 0.15) is 6.04 Å². The minimum Gasteiger partial charge on any atom is -0.371 e. The normalized spacial score (nSPS) is 24.5. The van der Waals surface area contributed by atoms with Crippen LogP contribution in [-0.4, -0.2) is 71.7 Å². The lowest BCUT2D eigenvalue weighted by atomic mass is 9.82. The molecule has 2 aromatic rings. The fourth-order valence-corrected chi connectivity index (χ4v) is 7.89. The number of imide groups is 1. The van der Waals surface area contributed by atoms with Crippen molar-refractivity contribution in [3.63, 3.8) is 0 Å². The molecule has 4 aliphatic rings. The minimum absolute atomic E-state index is 0.0355. The minimum atomic E-state index is -0.652. The number of hydrogen-bond donors (Lipinski definition) is 2. The summed E-state index contributed by atoms with van der Waals surface area (Å²) in [6, 6.07) is 5.55. The van der Waals surface area contributed by atoms with Crippen molar-refractivity contribution >= 4 is 28.5 Å². The molecule has 1 aromatic carbocycles. The van der Waals surface area contributed by atoms with E-state index in [0.29, 0.717) is 6.42 Å². The number of amides is 2. The van der Waals surface area contributed by atoms with Crippen LogP contribution >= 0.6 is 0 Å². The second-order valence-electron chi connectivity index (χ2n) is 13.4. The predicted octanol–water partition coefficient (Wildman–Crippen LogP) is 3.68. The van der Waals surface area contributed by atoms with Gasteiger partial charge in [-0.1, -0.05) is 0 Å². The van der Waals surface area contributed by atoms with E-state index >= 15 is 0 Å². The summed E-state index contributed by atoms with van der Waals surface area (Å²) in [5.74, 6) is 1.92. The molecule has 5 heterocycles. The third-order valence-corrected chi connectivity index (χ3v) is 10.3. The maximum Gasteiger partial charge on any atom is 0.330 e. The second kappa shape index (κ2) is 12.3. The summed E-state index contributed by atoms with van der Waals surface area (Å²) in [4.78, 5) is 43.1. The van der Waals surface area contributed by atoms with Crippen molar-refractivity contribution < 1.29 is 9.59 Å². The Labute approximate surface area is 243 Å². The van der Waals surface area contributed by atoms with Crippen LogP contribution in [0, 0.1) is 17.8 Å². The summed E-state index contributed by atoms with van der Waals surface area (Å²) in [6.07, 6.45) is 9.83. The number of rotatable bonds is 7. The lowest BCUT2D eigenvalue weighted by Crippen LogP contribution is -2.44. The van der Waals surface area contributed by atoms with Gasteiger partial charge in [-0.05, 0) is 127 Å². The van der Waals surface area contributed by atoms with Gasteiger partial charge in [0.2, 0.25) is 11.8 Å². The van der Waals surface area contributed by atoms with E-state index in [1.165, 1.54) is 77.7 Å². The number of benzene rings is 1. The van der Waals surface area contributed by atoms with Gasteiger partial charge in [0, 0.05) is 37.8 Å². The molecule has 4 aliphatic heterocycles. The van der Waals surface area contributed by atoms with Gasteiger partial charge in [-0.2, -0.15) is 0 Å². The highest BCUT2D eigenvalue weighted by atomic mass is 16.2. The average Bonchev–Trinajstić information content (AvgIpc) is 3.26. The number of nitrogens with one attached hydrogen (secondary N) is 2. The topological polar surface area (TPSA) is 91.6 Å². The Morgan fingerprint density at radius 1 is 0.829 bits per heavy atom. The first-order chi connectivity index (χ1) is 19.9. The van der Waals surface area contributed by atoms with E-state index in [0.717, 1.165) is 47.6 Å². The Morgan fingerprint density at radius 2 is 1.51 bits per heavy atom. The number of aromatic nitrogens is 2. The summed E-state index contributed by atoms with van der Waals surface area (Å²) in [5, 5.41) is 5.91. The average molecular weight is 565 g/mol. The van der Waals surface area contributed by atoms with Gasteiger partial charge in [0.05, 0.1) is 11.0 Å². The Balaban J connectivity index is 1.07. The highest BCUT2D eigenvalue weighted by Gasteiger charge is 2.33. The number of nitrogens with zero attached hydrogens (tertiary/aromatic N) is 4. The number of carbonyl (C=O) groups is 2. The van der Waals surface area contributed by atoms with E-state index in [1.807, 2.05) is 19.9 Å². The zero-order valence-electron chi connectivity index (χ0n) is 24.9. The second-order valence-corrected chi connectivity index (χ2v) is 13.4. The van der Waals surface area contributed by atoms with Crippen molar-refractivity contribution in [2.24, 2.45) is 17.8 Å². The van der Waals surface area contributed by atoms with Crippen LogP contribution in [0.25, 0.3) is 11.0 Å². The van der Waals surface area contributed by atoms with Crippen molar-refractivity contribution in [1.82, 2.24) is 24.7 Å². The van der Waals surface area contributed by atoms with E-state index in [2.05, 4.69) is 32.6 Å². The van der Waals surface area contributed by atoms with Gasteiger partial charge in [-0.3, -0.25) is 24.0 Å². The smallest absolute Gasteiger partial charge is 0.330 e. The molecule has 0 aliphatic carbocycles. The van der Waals surface area contributed by atoms with E-state index in [-0.39, 0.29) is 30.0 Å². The maximum atomic E-state index is 13.5. The van der Waals surface area contributed by atoms with Gasteiger partial charge in [0.15, 0.2) is 0 Å². The van der Waals surface area contributed by atoms with Crippen molar-refractivity contribution in [1.29, 1.82) is 0 Å². The van der Waals surface area contributed by atoms with Crippen LogP contribution in [0.2, 0.25) is 0 Å². The van der Waals surface area contributed by atoms with Crippen LogP contribution in [-0.2, 0) is 9.59 Å². The molecule has 2 N–H and O–H groups in total. The van der Waals surface area contributed by atoms with Crippen LogP contribution in [0.4, 0.5) is 5.69 Å². The first-order valence-electron chi connectivity index (χ1n) is 16.2. The van der Waals surface area contributed by atoms with E-state index < -0.39 is 6.04 Å². The molecule has 0 bridgehead atoms. The fourth-order valence-electron chi connectivity index (χ4n) is 7.89. The molecule has 0 spiro atoms. The molecular weight excluding hydrogens is 516 g/mol. The van der Waals surface area contributed by atoms with Crippen LogP contribution in [0.5, 0.6) is 0 Å². The fraction of sp³-hybridized carbons (Fsp3) is 0.719. The molecular formula is C32H48N6O3. The van der Waals surface area contributed by atoms with Gasteiger partial charge in [0.25, 0.3) is 0 Å². The van der Waals surface area contributed by atoms with Crippen LogP contribution in [0.3, 0.4) is 0 Å². The third-order valence-electron chi connectivity index (χ3n) is 10.3. The van der Waals surface area contributed by atoms with Gasteiger partial charge >= 0.3 is 5.69 Å². The van der Waals surface area contributed by atoms with Gasteiger partial charge < -0.3 is 15.1 Å². The molecule has 4 saturated heterocycles. The summed E-state index contributed by atoms with van der Waals surface area (Å²) < 4.78 is 3.40. The number of likely N-dealkylation sites (tertiary alicyclic amines) is 1. The summed E-state index contributed by atoms with van der Waals surface area (Å²) in [5.41, 5.74) is 2.60. The largest absolute Gasteiger partial charge is 0.371 e. The Kier molecular flexibility index (Phi) is 8.54. The highest BCUT2D eigenvalue weighted by Crippen LogP contribution is 2.34. The first kappa shape index (κ1) is 28.5. The van der Waals surface area contributed by atoms with E-state index in [9.17, 15) is 14.4 Å². The molecule has 0 saturated carbocycles. The summed E-state index contributed by atoms with van der Waals surface area (Å²) in [6.45, 7) is 12.4. The van der Waals surface area contributed by atoms with Crippen molar-refractivity contribution in [3.8, 4) is 0 Å². The maximum absolute atomic E-state index is 13.5. The zero-order chi connectivity index (χ0) is 28.5. The Hall–Kier alpha value is -2.65. The molecule has 9 nitrogen and oxygen atoms in total. The molecule has 6 rings (SSSR count). The molecule has 1 aromatic heterocycles. The summed E-state index contributed by atoms with van der Waals surface area (Å²) >= 11 is 0. The zero-order valence-corrected chi connectivity index (χ0v) is 24.9. The molecule has 0 radical (unpaired) electrons. The number of fused-ring (bicyclic) bond motifs is 1. The molecule has 1 unspecified atom stereocenters. The molecule has 9 heteroatoms. The number of piperidine rings is 4. The molecule has 4 fully saturated rings. The van der Waals surface area contributed by atoms with Crippen LogP contribution < -0.4 is 21.2 Å². The molecule has 41 heavy (non-hydrogen) atoms. The summed E-state index contributed by atoms with van der Waals surface area (Å²) in [7, 11) is 0. The monoisotopic (exact) mass is 564 g/mol. The van der Waals surface area contributed by atoms with E-state index in [4.69, 9.17) is 0 Å². The molecule has 224 valence electrons. The standard InChI is InChI=1S/C32H48N6O3/c1-22(2)37-29-20-26(3-4-27(29)38(32(37)41)28-5-6-30(39)34-31(28)40)36-17-11-24(12-18-36)19-23-9-15-35(16-10-23)21-25-7-13-33-14-8-25/h3-4,20,22-25,28,33H,5-19,21H2,1-2H3,(H,34,39,40). The SMILES string of the molecule is CC(C)n1c(=O)n(C2CCC(=O)NC2=O)c2ccc(N3CCC(CC4CCN(CC5CCNCC5)CC4)CC3)cc21. The number of hydrogen-bond acceptors (Lipinski definition) is 6. The predicted molar refractivity (Wildman–Crippen MR) is 162 cm³/mol. The lowest BCUT2D eigenvalue weighted by molar-refractivity contribution is -0.135. The Morgan fingerprint density at radius 3 is 2.17 bits per heavy atom. The molecule has 1 atom stereocenters. The van der Waals surface area contributed by atoms with E-state index in [1.54, 1.807) is 9.13 Å². The van der Waals surface area contributed by atoms with Crippen molar-refractivity contribution in [2.45, 2.75) is 83.7 Å².